The lowest BCUT2D eigenvalue weighted by atomic mass is 10.0. The van der Waals surface area contributed by atoms with Gasteiger partial charge in [-0.05, 0) is 121 Å². The Labute approximate surface area is 449 Å². The summed E-state index contributed by atoms with van der Waals surface area (Å²) in [4.78, 5) is 10.2. The molecule has 0 radical (unpaired) electrons. The molecule has 0 fully saturated rings. The molecule has 8 rings (SSSR count). The summed E-state index contributed by atoms with van der Waals surface area (Å²) in [6, 6.07) is 44.2. The van der Waals surface area contributed by atoms with Crippen molar-refractivity contribution in [2.75, 3.05) is 0 Å². The molecule has 0 bridgehead atoms. The molecule has 2 nitrogen and oxygen atoms in total. The molecule has 0 aliphatic heterocycles. The van der Waals surface area contributed by atoms with Crippen molar-refractivity contribution in [3.8, 4) is 63.4 Å². The summed E-state index contributed by atoms with van der Waals surface area (Å²) < 4.78 is 12.9. The molecule has 0 aliphatic rings. The number of hydrogen-bond acceptors (Lipinski definition) is 6. The van der Waals surface area contributed by atoms with Crippen LogP contribution in [0.1, 0.15) is 189 Å². The molecule has 0 saturated carbocycles. The molecule has 0 saturated heterocycles. The van der Waals surface area contributed by atoms with Crippen molar-refractivity contribution < 1.29 is 8.83 Å². The average molecular weight is 1030 g/mol. The van der Waals surface area contributed by atoms with Gasteiger partial charge in [0.15, 0.2) is 0 Å². The first-order valence-electron chi connectivity index (χ1n) is 28.1. The number of unbranched alkanes of at least 4 members (excludes halogenated alkanes) is 22. The minimum absolute atomic E-state index is 0.941. The molecule has 72 heavy (non-hydrogen) atoms. The minimum atomic E-state index is 0.941. The summed E-state index contributed by atoms with van der Waals surface area (Å²) >= 11 is 7.36. The lowest BCUT2D eigenvalue weighted by Crippen LogP contribution is -1.84. The Morgan fingerprint density at radius 3 is 0.889 bits per heavy atom. The first kappa shape index (κ1) is 53.8. The Morgan fingerprint density at radius 1 is 0.278 bits per heavy atom. The topological polar surface area (TPSA) is 26.3 Å². The fourth-order valence-electron chi connectivity index (χ4n) is 9.74. The van der Waals surface area contributed by atoms with Crippen molar-refractivity contribution in [2.45, 2.75) is 181 Å². The van der Waals surface area contributed by atoms with E-state index >= 15 is 0 Å². The third-order valence-corrected chi connectivity index (χ3v) is 18.7. The number of rotatable bonds is 34. The molecule has 6 heterocycles. The SMILES string of the molecule is CCCCCCCCCCCCCCc1ccc(-c2ccc(-c3ccc(-c4ccc(/C=C/c5ccc(-c6ccc(-c7ccc(-c8ccc(CCCCCCCCCCCCCC)s8)o7)s6)cc5)cc4)s3)o2)s1. The Hall–Kier alpha value is -4.46. The van der Waals surface area contributed by atoms with Crippen molar-refractivity contribution in [3.63, 3.8) is 0 Å². The molecule has 0 unspecified atom stereocenters. The van der Waals surface area contributed by atoms with Crippen LogP contribution in [-0.4, -0.2) is 0 Å². The van der Waals surface area contributed by atoms with Crippen LogP contribution >= 0.6 is 45.3 Å². The summed E-state index contributed by atoms with van der Waals surface area (Å²) in [5, 5.41) is 0. The zero-order chi connectivity index (χ0) is 49.4. The first-order chi connectivity index (χ1) is 35.6. The van der Waals surface area contributed by atoms with Gasteiger partial charge in [-0.1, -0.05) is 216 Å². The van der Waals surface area contributed by atoms with E-state index in [1.54, 1.807) is 22.7 Å². The van der Waals surface area contributed by atoms with Gasteiger partial charge in [-0.25, -0.2) is 0 Å². The van der Waals surface area contributed by atoms with E-state index in [0.29, 0.717) is 0 Å². The van der Waals surface area contributed by atoms with E-state index < -0.39 is 0 Å². The first-order valence-corrected chi connectivity index (χ1v) is 31.4. The molecule has 0 aliphatic carbocycles. The Balaban J connectivity index is 0.737. The van der Waals surface area contributed by atoms with Gasteiger partial charge < -0.3 is 8.83 Å². The maximum atomic E-state index is 6.43. The molecule has 6 heteroatoms. The summed E-state index contributed by atoms with van der Waals surface area (Å²) in [6.45, 7) is 4.59. The standard InChI is InChI=1S/C66H80O2S4/c1-3-5-7-9-11-13-15-17-19-21-23-25-27-55-39-45-63(69-55)57-41-43-59(67-57)65-49-47-61(71-65)53-35-31-51(32-36-53)29-30-52-33-37-54(38-34-52)62-48-50-66(72-62)60-44-42-58(68-60)64-46-40-56(70-64)28-26-24-22-20-18-16-14-12-10-8-6-4-2/h29-50H,3-28H2,1-2H3/b30-29+. The van der Waals surface area contributed by atoms with Crippen LogP contribution in [0.5, 0.6) is 0 Å². The summed E-state index contributed by atoms with van der Waals surface area (Å²) in [7, 11) is 0. The van der Waals surface area contributed by atoms with E-state index in [0.717, 1.165) is 32.8 Å². The fraction of sp³-hybridized carbons (Fsp3) is 0.424. The monoisotopic (exact) mass is 1030 g/mol. The normalized spacial score (nSPS) is 11.8. The van der Waals surface area contributed by atoms with Crippen molar-refractivity contribution >= 4 is 57.5 Å². The van der Waals surface area contributed by atoms with E-state index in [9.17, 15) is 0 Å². The predicted octanol–water partition coefficient (Wildman–Crippen LogP) is 23.8. The quantitative estimate of drug-likeness (QED) is 0.0297. The van der Waals surface area contributed by atoms with Crippen LogP contribution in [0, 0.1) is 0 Å². The van der Waals surface area contributed by atoms with Crippen molar-refractivity contribution in [1.82, 2.24) is 0 Å². The highest BCUT2D eigenvalue weighted by Crippen LogP contribution is 2.41. The zero-order valence-corrected chi connectivity index (χ0v) is 46.8. The number of furan rings is 2. The van der Waals surface area contributed by atoms with Crippen molar-refractivity contribution in [3.05, 3.63) is 142 Å². The van der Waals surface area contributed by atoms with Crippen LogP contribution in [0.2, 0.25) is 0 Å². The number of thiophene rings is 4. The van der Waals surface area contributed by atoms with Crippen molar-refractivity contribution in [1.29, 1.82) is 0 Å². The minimum Gasteiger partial charge on any atom is -0.454 e. The van der Waals surface area contributed by atoms with E-state index in [4.69, 9.17) is 8.83 Å². The van der Waals surface area contributed by atoms with E-state index in [1.165, 1.54) is 218 Å². The van der Waals surface area contributed by atoms with Gasteiger partial charge in [0, 0.05) is 19.5 Å². The second-order valence-corrected chi connectivity index (χ2v) is 24.5. The van der Waals surface area contributed by atoms with E-state index in [2.05, 4.69) is 147 Å². The molecule has 0 N–H and O–H groups in total. The van der Waals surface area contributed by atoms with Crippen LogP contribution in [0.4, 0.5) is 0 Å². The highest BCUT2D eigenvalue weighted by molar-refractivity contribution is 7.19. The van der Waals surface area contributed by atoms with Crippen LogP contribution in [0.25, 0.3) is 75.6 Å². The number of hydrogen-bond donors (Lipinski definition) is 0. The maximum Gasteiger partial charge on any atom is 0.144 e. The lowest BCUT2D eigenvalue weighted by molar-refractivity contribution is 0.544. The summed E-state index contributed by atoms with van der Waals surface area (Å²) in [6.07, 6.45) is 40.2. The smallest absolute Gasteiger partial charge is 0.144 e. The summed E-state index contributed by atoms with van der Waals surface area (Å²) in [5.41, 5.74) is 4.82. The third-order valence-electron chi connectivity index (χ3n) is 14.1. The van der Waals surface area contributed by atoms with Crippen LogP contribution in [0.3, 0.4) is 0 Å². The number of aryl methyl sites for hydroxylation is 2. The van der Waals surface area contributed by atoms with E-state index in [-0.39, 0.29) is 0 Å². The molecular weight excluding hydrogens is 953 g/mol. The van der Waals surface area contributed by atoms with Crippen molar-refractivity contribution in [2.24, 2.45) is 0 Å². The Kier molecular flexibility index (Phi) is 22.5. The van der Waals surface area contributed by atoms with Gasteiger partial charge in [0.1, 0.15) is 23.0 Å². The largest absolute Gasteiger partial charge is 0.454 e. The second kappa shape index (κ2) is 30.0. The fourth-order valence-corrected chi connectivity index (χ4v) is 13.7. The Morgan fingerprint density at radius 2 is 0.556 bits per heavy atom. The van der Waals surface area contributed by atoms with Crippen LogP contribution < -0.4 is 0 Å². The molecule has 380 valence electrons. The molecule has 0 atom stereocenters. The van der Waals surface area contributed by atoms with Gasteiger partial charge in [0.25, 0.3) is 0 Å². The molecule has 2 aromatic carbocycles. The third kappa shape index (κ3) is 17.0. The highest BCUT2D eigenvalue weighted by Gasteiger charge is 2.14. The molecule has 0 amide bonds. The van der Waals surface area contributed by atoms with Crippen LogP contribution in [0.15, 0.2) is 130 Å². The van der Waals surface area contributed by atoms with Gasteiger partial charge in [0.05, 0.1) is 19.5 Å². The lowest BCUT2D eigenvalue weighted by Gasteiger charge is -2.02. The Bertz CT molecular complexity index is 2560. The molecule has 8 aromatic rings. The number of benzene rings is 2. The van der Waals surface area contributed by atoms with Gasteiger partial charge >= 0.3 is 0 Å². The maximum absolute atomic E-state index is 6.43. The average Bonchev–Trinajstić information content (AvgIpc) is 4.28. The van der Waals surface area contributed by atoms with E-state index in [1.807, 2.05) is 22.7 Å². The van der Waals surface area contributed by atoms with Gasteiger partial charge in [-0.3, -0.25) is 0 Å². The van der Waals surface area contributed by atoms with Gasteiger partial charge in [-0.2, -0.15) is 0 Å². The zero-order valence-electron chi connectivity index (χ0n) is 43.5. The molecule has 0 spiro atoms. The molecule has 6 aromatic heterocycles. The second-order valence-electron chi connectivity index (χ2n) is 20.0. The summed E-state index contributed by atoms with van der Waals surface area (Å²) in [5.74, 6) is 3.82. The molecular formula is C66H80O2S4. The predicted molar refractivity (Wildman–Crippen MR) is 320 cm³/mol. The highest BCUT2D eigenvalue weighted by atomic mass is 32.1. The van der Waals surface area contributed by atoms with Crippen LogP contribution in [-0.2, 0) is 12.8 Å². The van der Waals surface area contributed by atoms with Gasteiger partial charge in [0.2, 0.25) is 0 Å². The van der Waals surface area contributed by atoms with Gasteiger partial charge in [-0.15, -0.1) is 45.3 Å².